The number of carbonyl (C=O) groups excluding carboxylic acids is 1. The first-order valence-electron chi connectivity index (χ1n) is 11.3. The number of carbonyl (C=O) groups is 1. The summed E-state index contributed by atoms with van der Waals surface area (Å²) < 4.78 is 5.63. The second-order valence-electron chi connectivity index (χ2n) is 8.44. The number of hydrogen-bond donors (Lipinski definition) is 1. The van der Waals surface area contributed by atoms with Crippen LogP contribution in [-0.4, -0.2) is 34.4 Å². The molecular weight excluding hydrogens is 420 g/mol. The van der Waals surface area contributed by atoms with Crippen molar-refractivity contribution in [2.45, 2.75) is 51.0 Å². The topological polar surface area (TPSA) is 67.3 Å². The largest absolute Gasteiger partial charge is 0.496 e. The Morgan fingerprint density at radius 3 is 2.94 bits per heavy atom. The van der Waals surface area contributed by atoms with Gasteiger partial charge in [-0.15, -0.1) is 11.3 Å². The van der Waals surface area contributed by atoms with Crippen LogP contribution < -0.4 is 10.1 Å². The number of fused-ring (bicyclic) bond motifs is 1. The predicted octanol–water partition coefficient (Wildman–Crippen LogP) is 5.08. The van der Waals surface area contributed by atoms with E-state index in [1.165, 1.54) is 28.9 Å². The summed E-state index contributed by atoms with van der Waals surface area (Å²) >= 11 is 1.54. The van der Waals surface area contributed by atoms with Crippen LogP contribution in [0.4, 0.5) is 10.9 Å². The molecule has 0 bridgehead atoms. The van der Waals surface area contributed by atoms with Gasteiger partial charge in [-0.05, 0) is 73.4 Å². The van der Waals surface area contributed by atoms with Crippen LogP contribution in [0, 0.1) is 0 Å². The number of nitrogens with one attached hydrogen (secondary N) is 1. The fourth-order valence-electron chi connectivity index (χ4n) is 4.90. The molecule has 0 saturated carbocycles. The molecule has 5 rings (SSSR count). The first-order valence-corrected chi connectivity index (χ1v) is 12.2. The van der Waals surface area contributed by atoms with Gasteiger partial charge in [0.15, 0.2) is 5.13 Å². The van der Waals surface area contributed by atoms with Gasteiger partial charge in [0.2, 0.25) is 5.91 Å². The Morgan fingerprint density at radius 1 is 1.25 bits per heavy atom. The molecule has 3 aromatic rings. The summed E-state index contributed by atoms with van der Waals surface area (Å²) in [6, 6.07) is 10.4. The van der Waals surface area contributed by atoms with Crippen LogP contribution in [0.1, 0.15) is 54.1 Å². The Bertz CT molecular complexity index is 1100. The predicted molar refractivity (Wildman–Crippen MR) is 127 cm³/mol. The maximum absolute atomic E-state index is 13.2. The minimum absolute atomic E-state index is 0.0301. The van der Waals surface area contributed by atoms with Crippen molar-refractivity contribution in [3.63, 3.8) is 0 Å². The van der Waals surface area contributed by atoms with Gasteiger partial charge in [0, 0.05) is 24.5 Å². The summed E-state index contributed by atoms with van der Waals surface area (Å²) in [6.45, 7) is 0.788. The molecule has 6 nitrogen and oxygen atoms in total. The standard InChI is InChI=1S/C25H28N4O2S/c1-31-22-16-18-6-2-5-17(18)15-19(22)10-11-24(30)29-13-4-8-21(29)20-7-3-9-23(27-20)28-25-26-12-14-32-25/h3,7,9,12,14-16,21H,2,4-6,8,10-11,13H2,1H3,(H,26,27,28). The lowest BCUT2D eigenvalue weighted by molar-refractivity contribution is -0.132. The van der Waals surface area contributed by atoms with E-state index < -0.39 is 0 Å². The van der Waals surface area contributed by atoms with E-state index in [1.54, 1.807) is 13.3 Å². The van der Waals surface area contributed by atoms with Crippen LogP contribution in [-0.2, 0) is 24.1 Å². The van der Waals surface area contributed by atoms with E-state index in [4.69, 9.17) is 9.72 Å². The first kappa shape index (κ1) is 20.9. The molecule has 0 radical (unpaired) electrons. The molecular formula is C25H28N4O2S. The second kappa shape index (κ2) is 9.28. The van der Waals surface area contributed by atoms with Crippen molar-refractivity contribution < 1.29 is 9.53 Å². The minimum atomic E-state index is 0.0301. The fraction of sp³-hybridized carbons (Fsp3) is 0.400. The number of nitrogens with zero attached hydrogens (tertiary/aromatic N) is 3. The number of aryl methyl sites for hydroxylation is 3. The Balaban J connectivity index is 1.27. The molecule has 1 saturated heterocycles. The van der Waals surface area contributed by atoms with Gasteiger partial charge in [-0.25, -0.2) is 9.97 Å². The highest BCUT2D eigenvalue weighted by atomic mass is 32.1. The van der Waals surface area contributed by atoms with Gasteiger partial charge in [0.05, 0.1) is 18.8 Å². The molecule has 32 heavy (non-hydrogen) atoms. The third kappa shape index (κ3) is 4.35. The van der Waals surface area contributed by atoms with Crippen LogP contribution in [0.5, 0.6) is 5.75 Å². The van der Waals surface area contributed by atoms with Gasteiger partial charge in [-0.2, -0.15) is 0 Å². The third-order valence-electron chi connectivity index (χ3n) is 6.46. The number of anilines is 2. The fourth-order valence-corrected chi connectivity index (χ4v) is 5.43. The molecule has 0 spiro atoms. The van der Waals surface area contributed by atoms with Crippen molar-refractivity contribution in [3.05, 3.63) is 64.3 Å². The highest BCUT2D eigenvalue weighted by Crippen LogP contribution is 2.34. The van der Waals surface area contributed by atoms with Gasteiger partial charge >= 0.3 is 0 Å². The van der Waals surface area contributed by atoms with Gasteiger partial charge in [0.1, 0.15) is 11.6 Å². The zero-order valence-corrected chi connectivity index (χ0v) is 19.2. The Kier molecular flexibility index (Phi) is 6.08. The lowest BCUT2D eigenvalue weighted by Crippen LogP contribution is -2.31. The summed E-state index contributed by atoms with van der Waals surface area (Å²) in [5.74, 6) is 1.87. The zero-order chi connectivity index (χ0) is 21.9. The number of pyridine rings is 1. The molecule has 3 heterocycles. The molecule has 166 valence electrons. The van der Waals surface area contributed by atoms with Crippen molar-refractivity contribution >= 4 is 28.2 Å². The summed E-state index contributed by atoms with van der Waals surface area (Å²) in [6.07, 6.45) is 8.38. The summed E-state index contributed by atoms with van der Waals surface area (Å²) in [4.78, 5) is 24.3. The van der Waals surface area contributed by atoms with Crippen LogP contribution in [0.25, 0.3) is 0 Å². The number of hydrogen-bond acceptors (Lipinski definition) is 6. The molecule has 2 aliphatic rings. The number of aromatic nitrogens is 2. The maximum Gasteiger partial charge on any atom is 0.223 e. The van der Waals surface area contributed by atoms with Gasteiger partial charge in [0.25, 0.3) is 0 Å². The normalized spacial score (nSPS) is 17.4. The quantitative estimate of drug-likeness (QED) is 0.546. The van der Waals surface area contributed by atoms with E-state index in [0.29, 0.717) is 12.8 Å². The maximum atomic E-state index is 13.2. The molecule has 1 aromatic carbocycles. The van der Waals surface area contributed by atoms with Crippen molar-refractivity contribution in [3.8, 4) is 5.75 Å². The number of rotatable bonds is 7. The molecule has 1 amide bonds. The number of likely N-dealkylation sites (tertiary alicyclic amines) is 1. The monoisotopic (exact) mass is 448 g/mol. The number of benzene rings is 1. The van der Waals surface area contributed by atoms with E-state index in [1.807, 2.05) is 28.5 Å². The number of amides is 1. The summed E-state index contributed by atoms with van der Waals surface area (Å²) in [7, 11) is 1.72. The average Bonchev–Trinajstić information content (AvgIpc) is 3.58. The van der Waals surface area contributed by atoms with E-state index >= 15 is 0 Å². The molecule has 2 aromatic heterocycles. The molecule has 1 fully saturated rings. The minimum Gasteiger partial charge on any atom is -0.496 e. The summed E-state index contributed by atoms with van der Waals surface area (Å²) in [5, 5.41) is 6.00. The molecule has 1 atom stereocenters. The van der Waals surface area contributed by atoms with E-state index in [0.717, 1.165) is 60.2 Å². The van der Waals surface area contributed by atoms with Crippen LogP contribution >= 0.6 is 11.3 Å². The van der Waals surface area contributed by atoms with Gasteiger partial charge < -0.3 is 15.0 Å². The van der Waals surface area contributed by atoms with Crippen LogP contribution in [0.2, 0.25) is 0 Å². The summed E-state index contributed by atoms with van der Waals surface area (Å²) in [5.41, 5.74) is 4.90. The van der Waals surface area contributed by atoms with E-state index in [-0.39, 0.29) is 11.9 Å². The van der Waals surface area contributed by atoms with Gasteiger partial charge in [-0.1, -0.05) is 12.1 Å². The average molecular weight is 449 g/mol. The Morgan fingerprint density at radius 2 is 2.12 bits per heavy atom. The smallest absolute Gasteiger partial charge is 0.223 e. The lowest BCUT2D eigenvalue weighted by atomic mass is 10.0. The number of thiazole rings is 1. The molecule has 1 unspecified atom stereocenters. The third-order valence-corrected chi connectivity index (χ3v) is 7.14. The lowest BCUT2D eigenvalue weighted by Gasteiger charge is -2.25. The van der Waals surface area contributed by atoms with Crippen molar-refractivity contribution in [1.29, 1.82) is 0 Å². The van der Waals surface area contributed by atoms with Gasteiger partial charge in [-0.3, -0.25) is 4.79 Å². The van der Waals surface area contributed by atoms with E-state index in [2.05, 4.69) is 22.4 Å². The zero-order valence-electron chi connectivity index (χ0n) is 18.3. The van der Waals surface area contributed by atoms with Crippen LogP contribution in [0.15, 0.2) is 41.9 Å². The number of ether oxygens (including phenoxy) is 1. The number of methoxy groups -OCH3 is 1. The highest BCUT2D eigenvalue weighted by Gasteiger charge is 2.31. The Labute approximate surface area is 192 Å². The SMILES string of the molecule is COc1cc2c(cc1CCC(=O)N1CCCC1c1cccc(Nc3nccs3)n1)CCC2. The Hall–Kier alpha value is -2.93. The highest BCUT2D eigenvalue weighted by molar-refractivity contribution is 7.13. The van der Waals surface area contributed by atoms with E-state index in [9.17, 15) is 4.79 Å². The molecule has 7 heteroatoms. The van der Waals surface area contributed by atoms with Crippen LogP contribution in [0.3, 0.4) is 0 Å². The molecule has 1 aliphatic heterocycles. The van der Waals surface area contributed by atoms with Crippen molar-refractivity contribution in [2.75, 3.05) is 19.0 Å². The van der Waals surface area contributed by atoms with Crippen molar-refractivity contribution in [2.24, 2.45) is 0 Å². The molecule has 1 aliphatic carbocycles. The second-order valence-corrected chi connectivity index (χ2v) is 9.34. The molecule has 1 N–H and O–H groups in total. The van der Waals surface area contributed by atoms with Crippen molar-refractivity contribution in [1.82, 2.24) is 14.9 Å². The first-order chi connectivity index (χ1) is 15.7.